The number of rotatable bonds is 6. The van der Waals surface area contributed by atoms with Gasteiger partial charge in [-0.15, -0.1) is 0 Å². The van der Waals surface area contributed by atoms with Crippen molar-refractivity contribution in [3.8, 4) is 0 Å². The molecule has 0 saturated carbocycles. The van der Waals surface area contributed by atoms with Crippen LogP contribution in [0.4, 0.5) is 4.79 Å². The molecule has 1 atom stereocenters. The Hall–Kier alpha value is -2.40. The minimum Gasteiger partial charge on any atom is -0.327 e. The molecule has 0 unspecified atom stereocenters. The Morgan fingerprint density at radius 3 is 2.63 bits per heavy atom. The van der Waals surface area contributed by atoms with Crippen molar-refractivity contribution < 1.29 is 4.79 Å². The molecule has 2 heterocycles. The first kappa shape index (κ1) is 19.4. The van der Waals surface area contributed by atoms with Crippen molar-refractivity contribution in [3.05, 3.63) is 65.0 Å². The number of likely N-dealkylation sites (tertiary alicyclic amines) is 1. The second-order valence-electron chi connectivity index (χ2n) is 7.48. The Balaban J connectivity index is 1.72. The number of carbonyl (C=O) groups is 1. The van der Waals surface area contributed by atoms with Crippen molar-refractivity contribution in [2.75, 3.05) is 33.2 Å². The topological polar surface area (TPSA) is 48.5 Å². The third-order valence-electron chi connectivity index (χ3n) is 5.45. The number of aryl methyl sites for hydroxylation is 2. The smallest absolute Gasteiger partial charge is 0.317 e. The van der Waals surface area contributed by atoms with Gasteiger partial charge < -0.3 is 15.1 Å². The summed E-state index contributed by atoms with van der Waals surface area (Å²) in [6, 6.07) is 10.0. The summed E-state index contributed by atoms with van der Waals surface area (Å²) in [5.41, 5.74) is 4.53. The molecule has 0 spiro atoms. The van der Waals surface area contributed by atoms with Crippen LogP contribution in [0.15, 0.2) is 42.7 Å². The minimum atomic E-state index is -0.209. The van der Waals surface area contributed by atoms with E-state index in [4.69, 9.17) is 0 Å². The highest BCUT2D eigenvalue weighted by atomic mass is 16.2. The van der Waals surface area contributed by atoms with Crippen LogP contribution < -0.4 is 5.32 Å². The molecule has 0 aliphatic carbocycles. The molecule has 27 heavy (non-hydrogen) atoms. The zero-order valence-electron chi connectivity index (χ0n) is 16.6. The number of aromatic nitrogens is 1. The van der Waals surface area contributed by atoms with Gasteiger partial charge in [0, 0.05) is 32.5 Å². The molecular formula is C22H30N4O. The van der Waals surface area contributed by atoms with Gasteiger partial charge in [-0.1, -0.05) is 24.3 Å². The van der Waals surface area contributed by atoms with Crippen LogP contribution in [0.25, 0.3) is 0 Å². The minimum absolute atomic E-state index is 0.0544. The summed E-state index contributed by atoms with van der Waals surface area (Å²) in [6.45, 7) is 8.17. The summed E-state index contributed by atoms with van der Waals surface area (Å²) in [5, 5.41) is 3.20. The Kier molecular flexibility index (Phi) is 6.45. The Morgan fingerprint density at radius 2 is 1.96 bits per heavy atom. The number of hydrogen-bond acceptors (Lipinski definition) is 3. The molecule has 2 amide bonds. The lowest BCUT2D eigenvalue weighted by molar-refractivity contribution is 0.198. The molecule has 1 aliphatic rings. The second kappa shape index (κ2) is 9.00. The van der Waals surface area contributed by atoms with E-state index in [1.807, 2.05) is 25.4 Å². The standard InChI is InChI=1S/C22H30N4O/c1-17-8-9-19(15-18(17)2)21(20-7-6-10-23-16-20)24-22(27)25(3)13-14-26-11-4-5-12-26/h6-10,15-16,21H,4-5,11-14H2,1-3H3,(H,24,27)/t21-/m0/s1. The fraction of sp³-hybridized carbons (Fsp3) is 0.455. The van der Waals surface area contributed by atoms with Crippen LogP contribution in [0.1, 0.15) is 41.1 Å². The van der Waals surface area contributed by atoms with E-state index in [-0.39, 0.29) is 12.1 Å². The number of hydrogen-bond donors (Lipinski definition) is 1. The fourth-order valence-electron chi connectivity index (χ4n) is 3.48. The molecule has 144 valence electrons. The van der Waals surface area contributed by atoms with E-state index >= 15 is 0 Å². The third-order valence-corrected chi connectivity index (χ3v) is 5.45. The van der Waals surface area contributed by atoms with Crippen molar-refractivity contribution in [2.45, 2.75) is 32.7 Å². The van der Waals surface area contributed by atoms with Gasteiger partial charge in [-0.25, -0.2) is 4.79 Å². The Morgan fingerprint density at radius 1 is 1.19 bits per heavy atom. The first-order valence-corrected chi connectivity index (χ1v) is 9.75. The van der Waals surface area contributed by atoms with E-state index in [1.54, 1.807) is 11.1 Å². The average molecular weight is 367 g/mol. The highest BCUT2D eigenvalue weighted by molar-refractivity contribution is 5.75. The SMILES string of the molecule is Cc1ccc([C@H](NC(=O)N(C)CCN2CCCC2)c2cccnc2)cc1C. The number of nitrogens with one attached hydrogen (secondary N) is 1. The van der Waals surface area contributed by atoms with Crippen LogP contribution in [0, 0.1) is 13.8 Å². The molecule has 1 aromatic heterocycles. The van der Waals surface area contributed by atoms with E-state index < -0.39 is 0 Å². The fourth-order valence-corrected chi connectivity index (χ4v) is 3.48. The number of urea groups is 1. The van der Waals surface area contributed by atoms with E-state index in [2.05, 4.69) is 47.2 Å². The Bertz CT molecular complexity index is 756. The van der Waals surface area contributed by atoms with Gasteiger partial charge in [0.05, 0.1) is 6.04 Å². The van der Waals surface area contributed by atoms with Crippen LogP contribution >= 0.6 is 0 Å². The number of likely N-dealkylation sites (N-methyl/N-ethyl adjacent to an activating group) is 1. The predicted octanol–water partition coefficient (Wildman–Crippen LogP) is 3.53. The molecule has 1 aliphatic heterocycles. The van der Waals surface area contributed by atoms with Crippen molar-refractivity contribution in [3.63, 3.8) is 0 Å². The molecular weight excluding hydrogens is 336 g/mol. The first-order valence-electron chi connectivity index (χ1n) is 9.75. The lowest BCUT2D eigenvalue weighted by Gasteiger charge is -2.26. The van der Waals surface area contributed by atoms with Crippen molar-refractivity contribution in [2.24, 2.45) is 0 Å². The van der Waals surface area contributed by atoms with Crippen molar-refractivity contribution >= 4 is 6.03 Å². The van der Waals surface area contributed by atoms with Gasteiger partial charge in [-0.3, -0.25) is 4.98 Å². The highest BCUT2D eigenvalue weighted by Gasteiger charge is 2.20. The molecule has 0 radical (unpaired) electrons. The van der Waals surface area contributed by atoms with Crippen molar-refractivity contribution in [1.29, 1.82) is 0 Å². The summed E-state index contributed by atoms with van der Waals surface area (Å²) in [4.78, 5) is 21.3. The summed E-state index contributed by atoms with van der Waals surface area (Å²) >= 11 is 0. The predicted molar refractivity (Wildman–Crippen MR) is 109 cm³/mol. The number of pyridine rings is 1. The number of benzene rings is 1. The van der Waals surface area contributed by atoms with E-state index in [9.17, 15) is 4.79 Å². The molecule has 0 bridgehead atoms. The van der Waals surface area contributed by atoms with Gasteiger partial charge in [0.1, 0.15) is 0 Å². The van der Waals surface area contributed by atoms with Crippen molar-refractivity contribution in [1.82, 2.24) is 20.1 Å². The lowest BCUT2D eigenvalue weighted by Crippen LogP contribution is -2.42. The van der Waals surface area contributed by atoms with Gasteiger partial charge in [-0.2, -0.15) is 0 Å². The summed E-state index contributed by atoms with van der Waals surface area (Å²) in [6.07, 6.45) is 6.12. The highest BCUT2D eigenvalue weighted by Crippen LogP contribution is 2.24. The maximum Gasteiger partial charge on any atom is 0.317 e. The van der Waals surface area contributed by atoms with Gasteiger partial charge in [0.25, 0.3) is 0 Å². The summed E-state index contributed by atoms with van der Waals surface area (Å²) in [5.74, 6) is 0. The van der Waals surface area contributed by atoms with E-state index in [0.29, 0.717) is 0 Å². The first-order chi connectivity index (χ1) is 13.0. The van der Waals surface area contributed by atoms with Gasteiger partial charge >= 0.3 is 6.03 Å². The molecule has 2 aromatic rings. The third kappa shape index (κ3) is 5.07. The van der Waals surface area contributed by atoms with Crippen LogP contribution in [0.2, 0.25) is 0 Å². The van der Waals surface area contributed by atoms with Crippen LogP contribution in [0.3, 0.4) is 0 Å². The quantitative estimate of drug-likeness (QED) is 0.851. The number of amides is 2. The number of nitrogens with zero attached hydrogens (tertiary/aromatic N) is 3. The zero-order chi connectivity index (χ0) is 19.2. The van der Waals surface area contributed by atoms with Gasteiger partial charge in [0.2, 0.25) is 0 Å². The summed E-state index contributed by atoms with van der Waals surface area (Å²) < 4.78 is 0. The average Bonchev–Trinajstić information content (AvgIpc) is 3.20. The molecule has 5 nitrogen and oxygen atoms in total. The lowest BCUT2D eigenvalue weighted by atomic mass is 9.96. The van der Waals surface area contributed by atoms with Gasteiger partial charge in [0.15, 0.2) is 0 Å². The number of carbonyl (C=O) groups excluding carboxylic acids is 1. The molecule has 1 fully saturated rings. The second-order valence-corrected chi connectivity index (χ2v) is 7.48. The van der Waals surface area contributed by atoms with Gasteiger partial charge in [-0.05, 0) is 68.1 Å². The monoisotopic (exact) mass is 366 g/mol. The van der Waals surface area contributed by atoms with Crippen LogP contribution in [-0.2, 0) is 0 Å². The zero-order valence-corrected chi connectivity index (χ0v) is 16.6. The largest absolute Gasteiger partial charge is 0.327 e. The normalized spacial score (nSPS) is 15.5. The molecule has 3 rings (SSSR count). The summed E-state index contributed by atoms with van der Waals surface area (Å²) in [7, 11) is 1.87. The molecule has 5 heteroatoms. The molecule has 1 aromatic carbocycles. The molecule has 1 N–H and O–H groups in total. The van der Waals surface area contributed by atoms with Crippen LogP contribution in [0.5, 0.6) is 0 Å². The molecule has 1 saturated heterocycles. The maximum atomic E-state index is 12.8. The van der Waals surface area contributed by atoms with E-state index in [1.165, 1.54) is 24.0 Å². The van der Waals surface area contributed by atoms with Crippen LogP contribution in [-0.4, -0.2) is 54.0 Å². The Labute approximate surface area is 162 Å². The van der Waals surface area contributed by atoms with E-state index in [0.717, 1.165) is 37.3 Å². The maximum absolute atomic E-state index is 12.8.